The monoisotopic (exact) mass is 610 g/mol. The Bertz CT molecular complexity index is 1350. The van der Waals surface area contributed by atoms with Crippen LogP contribution in [0.3, 0.4) is 0 Å². The van der Waals surface area contributed by atoms with Gasteiger partial charge in [0.1, 0.15) is 31.3 Å². The van der Waals surface area contributed by atoms with Crippen molar-refractivity contribution < 1.29 is 24.0 Å². The van der Waals surface area contributed by atoms with Crippen molar-refractivity contribution in [3.63, 3.8) is 0 Å². The first-order chi connectivity index (χ1) is 21.2. The molecule has 240 valence electrons. The van der Waals surface area contributed by atoms with Crippen molar-refractivity contribution in [2.75, 3.05) is 20.2 Å². The highest BCUT2D eigenvalue weighted by molar-refractivity contribution is 5.98. The summed E-state index contributed by atoms with van der Waals surface area (Å²) in [6, 6.07) is 4.35. The van der Waals surface area contributed by atoms with Crippen LogP contribution in [0.4, 0.5) is 0 Å². The molecule has 5 atom stereocenters. The number of unbranched alkanes of at least 4 members (excludes halogenated alkanes) is 1. The Hall–Kier alpha value is -4.25. The lowest BCUT2D eigenvalue weighted by atomic mass is 9.93. The minimum absolute atomic E-state index is 0.157. The van der Waals surface area contributed by atoms with E-state index < -0.39 is 36.0 Å². The average Bonchev–Trinajstić information content (AvgIpc) is 3.39. The van der Waals surface area contributed by atoms with Crippen LogP contribution in [0.1, 0.15) is 71.8 Å². The van der Waals surface area contributed by atoms with Gasteiger partial charge >= 0.3 is 0 Å². The largest absolute Gasteiger partial charge is 0.417 e. The van der Waals surface area contributed by atoms with Gasteiger partial charge in [0, 0.05) is 36.0 Å². The Morgan fingerprint density at radius 1 is 1.07 bits per heavy atom. The van der Waals surface area contributed by atoms with Crippen LogP contribution in [0, 0.1) is 5.92 Å². The fraction of sp³-hybridized carbons (Fsp3) is 0.613. The summed E-state index contributed by atoms with van der Waals surface area (Å²) in [7, 11) is 1.56. The Morgan fingerprint density at radius 3 is 2.50 bits per heavy atom. The summed E-state index contributed by atoms with van der Waals surface area (Å²) in [5, 5.41) is 12.8. The van der Waals surface area contributed by atoms with Crippen LogP contribution < -0.4 is 20.8 Å². The number of carbonyl (C=O) groups is 4. The summed E-state index contributed by atoms with van der Waals surface area (Å²) in [6.45, 7) is 8.61. The highest BCUT2D eigenvalue weighted by Crippen LogP contribution is 2.24. The predicted octanol–water partition coefficient (Wildman–Crippen LogP) is 3.25. The van der Waals surface area contributed by atoms with E-state index in [1.165, 1.54) is 0 Å². The third kappa shape index (κ3) is 8.43. The Balaban J connectivity index is 0.000000676. The molecule has 2 aliphatic heterocycles. The van der Waals surface area contributed by atoms with E-state index in [1.807, 2.05) is 38.1 Å². The number of rotatable bonds is 8. The summed E-state index contributed by atoms with van der Waals surface area (Å²) >= 11 is 0. The van der Waals surface area contributed by atoms with Gasteiger partial charge < -0.3 is 25.7 Å². The number of nitrogens with zero attached hydrogens (tertiary/aromatic N) is 5. The van der Waals surface area contributed by atoms with Gasteiger partial charge in [0.25, 0.3) is 0 Å². The lowest BCUT2D eigenvalue weighted by molar-refractivity contribution is -0.147. The molecule has 13 nitrogen and oxygen atoms in total. The zero-order chi connectivity index (χ0) is 32.2. The van der Waals surface area contributed by atoms with Crippen molar-refractivity contribution >= 4 is 34.5 Å². The highest BCUT2D eigenvalue weighted by Gasteiger charge is 2.40. The van der Waals surface area contributed by atoms with Gasteiger partial charge in [0.2, 0.25) is 23.6 Å². The topological polar surface area (TPSA) is 171 Å². The number of amides is 4. The van der Waals surface area contributed by atoms with Crippen LogP contribution in [0.2, 0.25) is 0 Å². The fourth-order valence-corrected chi connectivity index (χ4v) is 5.49. The van der Waals surface area contributed by atoms with E-state index >= 15 is 0 Å². The maximum Gasteiger partial charge on any atom is 0.246 e. The molecule has 3 unspecified atom stereocenters. The lowest BCUT2D eigenvalue weighted by Crippen LogP contribution is -2.64. The van der Waals surface area contributed by atoms with E-state index in [0.717, 1.165) is 42.1 Å². The second-order valence-electron chi connectivity index (χ2n) is 11.4. The van der Waals surface area contributed by atoms with Crippen molar-refractivity contribution in [1.82, 2.24) is 25.6 Å². The highest BCUT2D eigenvalue weighted by atomic mass is 16.6. The van der Waals surface area contributed by atoms with Gasteiger partial charge in [-0.1, -0.05) is 56.9 Å². The number of benzene rings is 1. The van der Waals surface area contributed by atoms with Crippen LogP contribution in [-0.2, 0) is 25.6 Å². The molecule has 0 bridgehead atoms. The number of azide groups is 1. The second kappa shape index (κ2) is 16.6. The van der Waals surface area contributed by atoms with Crippen molar-refractivity contribution in [3.05, 3.63) is 46.5 Å². The lowest BCUT2D eigenvalue weighted by Gasteiger charge is -2.39. The molecule has 2 aliphatic rings. The first kappa shape index (κ1) is 34.2. The van der Waals surface area contributed by atoms with Crippen molar-refractivity contribution in [1.29, 1.82) is 0 Å². The van der Waals surface area contributed by atoms with Crippen molar-refractivity contribution in [2.45, 2.75) is 96.8 Å². The molecule has 0 saturated carbocycles. The number of nitrogens with one attached hydrogen (secondary N) is 3. The first-order valence-corrected chi connectivity index (χ1v) is 15.5. The van der Waals surface area contributed by atoms with E-state index in [1.54, 1.807) is 29.9 Å². The number of hydrogen-bond donors (Lipinski definition) is 3. The van der Waals surface area contributed by atoms with Crippen LogP contribution >= 0.6 is 0 Å². The van der Waals surface area contributed by atoms with Gasteiger partial charge in [-0.2, -0.15) is 4.73 Å². The second-order valence-corrected chi connectivity index (χ2v) is 11.4. The van der Waals surface area contributed by atoms with Crippen LogP contribution in [0.5, 0.6) is 0 Å². The van der Waals surface area contributed by atoms with Crippen LogP contribution in [0.15, 0.2) is 35.6 Å². The van der Waals surface area contributed by atoms with Crippen LogP contribution in [0.25, 0.3) is 21.3 Å². The number of aromatic nitrogens is 1. The molecule has 2 fully saturated rings. The third-order valence-corrected chi connectivity index (χ3v) is 8.31. The smallest absolute Gasteiger partial charge is 0.246 e. The van der Waals surface area contributed by atoms with Gasteiger partial charge in [-0.05, 0) is 55.7 Å². The van der Waals surface area contributed by atoms with E-state index in [0.29, 0.717) is 25.9 Å². The van der Waals surface area contributed by atoms with Crippen LogP contribution in [-0.4, -0.2) is 77.6 Å². The SMILES string of the molecule is CCC(C)[C@@H]1NC(=O)C(Cc2cn(OC)c3ccccc23)NC(=O)[C@H](C)NC(=O)C2CCCCN2C1=O.CCCCN=[N+]=[N-]. The standard InChI is InChI=1S/C27H37N5O5.C4H9N3/c1-5-16(2)23-27(36)31-13-9-8-12-22(31)26(35)28-17(3)24(33)29-20(25(34)30-23)14-18-15-32(37-4)21-11-7-6-10-19(18)21;1-2-3-4-6-7-5/h6-7,10-11,15-17,20,22-23H,5,8-9,12-14H2,1-4H3,(H,28,35)(H,29,33)(H,30,34);2-4H2,1H3/t16?,17-,20?,22?,23-;/m0./s1. The molecule has 0 aliphatic carbocycles. The van der Waals surface area contributed by atoms with Gasteiger partial charge in [0.15, 0.2) is 0 Å². The third-order valence-electron chi connectivity index (χ3n) is 8.31. The van der Waals surface area contributed by atoms with Gasteiger partial charge in [-0.25, -0.2) is 0 Å². The minimum Gasteiger partial charge on any atom is -0.417 e. The normalized spacial score (nSPS) is 23.3. The Morgan fingerprint density at radius 2 is 1.82 bits per heavy atom. The molecule has 1 aromatic carbocycles. The molecule has 0 spiro atoms. The van der Waals surface area contributed by atoms with Gasteiger partial charge in [-0.3, -0.25) is 19.2 Å². The molecule has 1 aromatic heterocycles. The van der Waals surface area contributed by atoms with E-state index in [9.17, 15) is 19.2 Å². The molecule has 2 aromatic rings. The molecular weight excluding hydrogens is 564 g/mol. The first-order valence-electron chi connectivity index (χ1n) is 15.5. The number of hydrogen-bond acceptors (Lipinski definition) is 6. The summed E-state index contributed by atoms with van der Waals surface area (Å²) in [4.78, 5) is 63.3. The summed E-state index contributed by atoms with van der Waals surface area (Å²) in [5.41, 5.74) is 9.40. The molecule has 4 amide bonds. The van der Waals surface area contributed by atoms with E-state index in [4.69, 9.17) is 10.4 Å². The summed E-state index contributed by atoms with van der Waals surface area (Å²) < 4.78 is 1.62. The van der Waals surface area contributed by atoms with E-state index in [-0.39, 0.29) is 24.2 Å². The summed E-state index contributed by atoms with van der Waals surface area (Å²) in [5.74, 6) is -1.65. The molecule has 3 heterocycles. The molecule has 3 N–H and O–H groups in total. The fourth-order valence-electron chi connectivity index (χ4n) is 5.49. The quantitative estimate of drug-likeness (QED) is 0.180. The van der Waals surface area contributed by atoms with Crippen molar-refractivity contribution in [3.8, 4) is 0 Å². The maximum atomic E-state index is 13.7. The number of fused-ring (bicyclic) bond motifs is 2. The number of para-hydroxylation sites is 1. The zero-order valence-corrected chi connectivity index (χ0v) is 26.4. The minimum atomic E-state index is -0.959. The average molecular weight is 611 g/mol. The van der Waals surface area contributed by atoms with E-state index in [2.05, 4.69) is 32.9 Å². The molecule has 0 radical (unpaired) electrons. The van der Waals surface area contributed by atoms with Gasteiger partial charge in [-0.15, -0.1) is 0 Å². The molecule has 44 heavy (non-hydrogen) atoms. The van der Waals surface area contributed by atoms with Crippen molar-refractivity contribution in [2.24, 2.45) is 11.0 Å². The Kier molecular flexibility index (Phi) is 12.9. The number of carbonyl (C=O) groups excluding carboxylic acids is 4. The maximum absolute atomic E-state index is 13.7. The molecule has 2 saturated heterocycles. The number of piperidine rings is 1. The molecule has 4 rings (SSSR count). The molecular formula is C31H46N8O5. The summed E-state index contributed by atoms with van der Waals surface area (Å²) in [6.07, 6.45) is 6.88. The zero-order valence-electron chi connectivity index (χ0n) is 26.4. The molecule has 13 heteroatoms. The Labute approximate surface area is 258 Å². The predicted molar refractivity (Wildman–Crippen MR) is 167 cm³/mol. The van der Waals surface area contributed by atoms with Gasteiger partial charge in [0.05, 0.1) is 5.52 Å².